The maximum Gasteiger partial charge on any atom is 0.225 e. The molecule has 23 heavy (non-hydrogen) atoms. The highest BCUT2D eigenvalue weighted by Gasteiger charge is 2.48. The summed E-state index contributed by atoms with van der Waals surface area (Å²) in [4.78, 5) is 18.0. The fraction of sp³-hybridized carbons (Fsp3) is 0.500. The average Bonchev–Trinajstić information content (AvgIpc) is 2.99. The van der Waals surface area contributed by atoms with Gasteiger partial charge in [-0.2, -0.15) is 0 Å². The first kappa shape index (κ1) is 14.6. The van der Waals surface area contributed by atoms with Crippen LogP contribution in [0.4, 0.5) is 5.95 Å². The summed E-state index contributed by atoms with van der Waals surface area (Å²) in [5, 5.41) is 0. The highest BCUT2D eigenvalue weighted by molar-refractivity contribution is 5.37. The molecule has 0 bridgehead atoms. The SMILES string of the molecule is CCc1cnc(N2CC3(CCN(Cc4ccncc4)C3)C2)nc1. The van der Waals surface area contributed by atoms with E-state index in [1.807, 2.05) is 24.8 Å². The Balaban J connectivity index is 1.34. The third-order valence-electron chi connectivity index (χ3n) is 5.11. The van der Waals surface area contributed by atoms with Crippen LogP contribution in [0.15, 0.2) is 36.9 Å². The van der Waals surface area contributed by atoms with E-state index in [-0.39, 0.29) is 0 Å². The van der Waals surface area contributed by atoms with Crippen LogP contribution in [0.3, 0.4) is 0 Å². The molecule has 5 heteroatoms. The van der Waals surface area contributed by atoms with Crippen LogP contribution < -0.4 is 4.90 Å². The number of aryl methyl sites for hydroxylation is 1. The number of nitrogens with zero attached hydrogens (tertiary/aromatic N) is 5. The van der Waals surface area contributed by atoms with Gasteiger partial charge in [0.15, 0.2) is 0 Å². The Bertz CT molecular complexity index is 649. The number of hydrogen-bond acceptors (Lipinski definition) is 5. The molecule has 2 saturated heterocycles. The molecule has 1 spiro atoms. The van der Waals surface area contributed by atoms with E-state index in [2.05, 4.69) is 43.8 Å². The minimum atomic E-state index is 0.444. The minimum Gasteiger partial charge on any atom is -0.339 e. The van der Waals surface area contributed by atoms with E-state index in [9.17, 15) is 0 Å². The fourth-order valence-corrected chi connectivity index (χ4v) is 3.77. The van der Waals surface area contributed by atoms with Crippen LogP contribution >= 0.6 is 0 Å². The quantitative estimate of drug-likeness (QED) is 0.866. The normalized spacial score (nSPS) is 20.0. The number of hydrogen-bond donors (Lipinski definition) is 0. The number of aromatic nitrogens is 3. The summed E-state index contributed by atoms with van der Waals surface area (Å²) >= 11 is 0. The standard InChI is InChI=1S/C18H23N5/c1-2-15-9-20-17(21-10-15)23-13-18(14-23)5-8-22(12-18)11-16-3-6-19-7-4-16/h3-4,6-7,9-10H,2,5,8,11-14H2,1H3. The molecule has 0 aliphatic carbocycles. The highest BCUT2D eigenvalue weighted by atomic mass is 15.3. The van der Waals surface area contributed by atoms with Crippen LogP contribution in [-0.2, 0) is 13.0 Å². The van der Waals surface area contributed by atoms with Crippen LogP contribution in [-0.4, -0.2) is 46.0 Å². The summed E-state index contributed by atoms with van der Waals surface area (Å²) in [5.74, 6) is 0.889. The van der Waals surface area contributed by atoms with E-state index in [4.69, 9.17) is 0 Å². The molecule has 0 saturated carbocycles. The van der Waals surface area contributed by atoms with Crippen molar-refractivity contribution >= 4 is 5.95 Å². The third kappa shape index (κ3) is 2.93. The number of rotatable bonds is 4. The van der Waals surface area contributed by atoms with Gasteiger partial charge in [0.05, 0.1) is 0 Å². The molecule has 2 aliphatic heterocycles. The predicted molar refractivity (Wildman–Crippen MR) is 90.2 cm³/mol. The second kappa shape index (κ2) is 5.89. The van der Waals surface area contributed by atoms with Crippen molar-refractivity contribution in [2.75, 3.05) is 31.1 Å². The van der Waals surface area contributed by atoms with Gasteiger partial charge in [-0.15, -0.1) is 0 Å². The first-order valence-electron chi connectivity index (χ1n) is 8.43. The number of anilines is 1. The van der Waals surface area contributed by atoms with Gasteiger partial charge < -0.3 is 4.90 Å². The second-order valence-electron chi connectivity index (χ2n) is 6.92. The Morgan fingerprint density at radius 2 is 1.78 bits per heavy atom. The van der Waals surface area contributed by atoms with Crippen molar-refractivity contribution in [2.24, 2.45) is 5.41 Å². The number of pyridine rings is 1. The van der Waals surface area contributed by atoms with E-state index in [1.165, 1.54) is 30.6 Å². The number of likely N-dealkylation sites (tertiary alicyclic amines) is 1. The van der Waals surface area contributed by atoms with Gasteiger partial charge >= 0.3 is 0 Å². The first-order chi connectivity index (χ1) is 11.3. The summed E-state index contributed by atoms with van der Waals surface area (Å²) in [6.45, 7) is 7.71. The monoisotopic (exact) mass is 309 g/mol. The van der Waals surface area contributed by atoms with Crippen molar-refractivity contribution in [1.29, 1.82) is 0 Å². The highest BCUT2D eigenvalue weighted by Crippen LogP contribution is 2.41. The van der Waals surface area contributed by atoms with E-state index in [0.717, 1.165) is 32.0 Å². The van der Waals surface area contributed by atoms with Crippen LogP contribution in [0.25, 0.3) is 0 Å². The summed E-state index contributed by atoms with van der Waals surface area (Å²) in [7, 11) is 0. The molecule has 0 amide bonds. The third-order valence-corrected chi connectivity index (χ3v) is 5.11. The van der Waals surface area contributed by atoms with E-state index in [0.29, 0.717) is 5.41 Å². The lowest BCUT2D eigenvalue weighted by molar-refractivity contribution is 0.200. The molecule has 0 aromatic carbocycles. The van der Waals surface area contributed by atoms with Gasteiger partial charge in [-0.25, -0.2) is 9.97 Å². The summed E-state index contributed by atoms with van der Waals surface area (Å²) < 4.78 is 0. The van der Waals surface area contributed by atoms with Gasteiger partial charge in [0.1, 0.15) is 0 Å². The molecule has 5 nitrogen and oxygen atoms in total. The molecular weight excluding hydrogens is 286 g/mol. The topological polar surface area (TPSA) is 45.2 Å². The predicted octanol–water partition coefficient (Wildman–Crippen LogP) is 2.15. The van der Waals surface area contributed by atoms with Gasteiger partial charge in [-0.3, -0.25) is 9.88 Å². The van der Waals surface area contributed by atoms with Gasteiger partial charge in [0.2, 0.25) is 5.95 Å². The van der Waals surface area contributed by atoms with Gasteiger partial charge in [-0.05, 0) is 42.6 Å². The molecule has 0 radical (unpaired) electrons. The Kier molecular flexibility index (Phi) is 3.73. The lowest BCUT2D eigenvalue weighted by Crippen LogP contribution is -2.58. The summed E-state index contributed by atoms with van der Waals surface area (Å²) in [6.07, 6.45) is 9.94. The zero-order valence-corrected chi connectivity index (χ0v) is 13.6. The van der Waals surface area contributed by atoms with E-state index in [1.54, 1.807) is 0 Å². The molecule has 2 aromatic heterocycles. The molecule has 0 N–H and O–H groups in total. The van der Waals surface area contributed by atoms with Crippen molar-refractivity contribution < 1.29 is 0 Å². The molecule has 0 atom stereocenters. The zero-order valence-electron chi connectivity index (χ0n) is 13.6. The summed E-state index contributed by atoms with van der Waals surface area (Å²) in [6, 6.07) is 4.22. The van der Waals surface area contributed by atoms with Gasteiger partial charge in [-0.1, -0.05) is 6.92 Å². The largest absolute Gasteiger partial charge is 0.339 e. The maximum absolute atomic E-state index is 4.51. The fourth-order valence-electron chi connectivity index (χ4n) is 3.77. The Morgan fingerprint density at radius 1 is 1.04 bits per heavy atom. The molecule has 4 rings (SSSR count). The Labute approximate surface area is 137 Å². The Morgan fingerprint density at radius 3 is 2.48 bits per heavy atom. The van der Waals surface area contributed by atoms with Crippen LogP contribution in [0.1, 0.15) is 24.5 Å². The van der Waals surface area contributed by atoms with E-state index >= 15 is 0 Å². The van der Waals surface area contributed by atoms with Crippen molar-refractivity contribution in [1.82, 2.24) is 19.9 Å². The molecule has 120 valence electrons. The molecule has 4 heterocycles. The maximum atomic E-state index is 4.51. The van der Waals surface area contributed by atoms with Crippen LogP contribution in [0, 0.1) is 5.41 Å². The summed E-state index contributed by atoms with van der Waals surface area (Å²) in [5.41, 5.74) is 3.00. The van der Waals surface area contributed by atoms with Crippen LogP contribution in [0.2, 0.25) is 0 Å². The molecule has 2 aliphatic rings. The van der Waals surface area contributed by atoms with Crippen LogP contribution in [0.5, 0.6) is 0 Å². The zero-order chi connectivity index (χ0) is 15.7. The molecule has 0 unspecified atom stereocenters. The van der Waals surface area contributed by atoms with Gasteiger partial charge in [0, 0.05) is 56.4 Å². The lowest BCUT2D eigenvalue weighted by atomic mass is 9.79. The Hall–Kier alpha value is -2.01. The average molecular weight is 309 g/mol. The van der Waals surface area contributed by atoms with Gasteiger partial charge in [0.25, 0.3) is 0 Å². The smallest absolute Gasteiger partial charge is 0.225 e. The minimum absolute atomic E-state index is 0.444. The molecule has 2 fully saturated rings. The first-order valence-corrected chi connectivity index (χ1v) is 8.43. The molecule has 2 aromatic rings. The lowest BCUT2D eigenvalue weighted by Gasteiger charge is -2.48. The second-order valence-corrected chi connectivity index (χ2v) is 6.92. The van der Waals surface area contributed by atoms with Crippen molar-refractivity contribution in [2.45, 2.75) is 26.3 Å². The molecular formula is C18H23N5. The van der Waals surface area contributed by atoms with Crippen molar-refractivity contribution in [3.63, 3.8) is 0 Å². The van der Waals surface area contributed by atoms with Crippen molar-refractivity contribution in [3.05, 3.63) is 48.0 Å². The van der Waals surface area contributed by atoms with E-state index < -0.39 is 0 Å². The van der Waals surface area contributed by atoms with Crippen molar-refractivity contribution in [3.8, 4) is 0 Å².